The fraction of sp³-hybridized carbons (Fsp3) is 0.292. The molecule has 0 aliphatic heterocycles. The van der Waals surface area contributed by atoms with Crippen LogP contribution in [0, 0.1) is 5.92 Å². The van der Waals surface area contributed by atoms with Crippen LogP contribution >= 0.6 is 15.9 Å². The molecular formula is C24H21BrF6N2O. The van der Waals surface area contributed by atoms with Crippen LogP contribution in [0.1, 0.15) is 35.1 Å². The van der Waals surface area contributed by atoms with Gasteiger partial charge in [0.2, 0.25) is 0 Å². The van der Waals surface area contributed by atoms with Crippen molar-refractivity contribution in [3.05, 3.63) is 87.0 Å². The van der Waals surface area contributed by atoms with Crippen LogP contribution in [0.25, 0.3) is 0 Å². The van der Waals surface area contributed by atoms with Gasteiger partial charge in [0.1, 0.15) is 0 Å². The Balaban J connectivity index is 1.64. The number of nitrogens with one attached hydrogen (secondary N) is 1. The normalized spacial score (nSPS) is 17.0. The Hall–Kier alpha value is -2.75. The molecule has 0 aromatic heterocycles. The number of allylic oxidation sites excluding steroid dienone is 3. The average Bonchev–Trinajstić information content (AvgIpc) is 2.75. The molecular weight excluding hydrogens is 526 g/mol. The number of fused-ring (bicyclic) bond motifs is 1. The summed E-state index contributed by atoms with van der Waals surface area (Å²) in [6.45, 7) is 0. The van der Waals surface area contributed by atoms with Crippen molar-refractivity contribution < 1.29 is 31.1 Å². The first-order chi connectivity index (χ1) is 15.8. The summed E-state index contributed by atoms with van der Waals surface area (Å²) in [6.07, 6.45) is -1.78. The minimum absolute atomic E-state index is 0.0141. The third-order valence-corrected chi connectivity index (χ3v) is 6.26. The summed E-state index contributed by atoms with van der Waals surface area (Å²) in [6, 6.07) is 6.95. The maximum Gasteiger partial charge on any atom is 0.416 e. The quantitative estimate of drug-likeness (QED) is 0.240. The molecule has 0 bridgehead atoms. The molecule has 0 spiro atoms. The van der Waals surface area contributed by atoms with Crippen LogP contribution in [0.5, 0.6) is 0 Å². The van der Waals surface area contributed by atoms with Gasteiger partial charge in [-0.25, -0.2) is 0 Å². The summed E-state index contributed by atoms with van der Waals surface area (Å²) in [5.74, 6) is -0.607. The lowest BCUT2D eigenvalue weighted by Gasteiger charge is -2.24. The molecule has 1 unspecified atom stereocenters. The molecule has 0 heterocycles. The first-order valence-electron chi connectivity index (χ1n) is 10.3. The highest BCUT2D eigenvalue weighted by Crippen LogP contribution is 2.37. The van der Waals surface area contributed by atoms with Gasteiger partial charge in [-0.15, -0.1) is 0 Å². The molecule has 3 N–H and O–H groups in total. The van der Waals surface area contributed by atoms with Crippen molar-refractivity contribution in [1.82, 2.24) is 0 Å². The third kappa shape index (κ3) is 6.65. The Morgan fingerprint density at radius 1 is 1.09 bits per heavy atom. The zero-order valence-electron chi connectivity index (χ0n) is 17.7. The van der Waals surface area contributed by atoms with E-state index in [9.17, 15) is 31.1 Å². The van der Waals surface area contributed by atoms with Gasteiger partial charge in [-0.1, -0.05) is 40.2 Å². The number of halogens is 7. The number of benzene rings is 2. The predicted octanol–water partition coefficient (Wildman–Crippen LogP) is 7.02. The number of hydrogen-bond donors (Lipinski definition) is 2. The zero-order valence-corrected chi connectivity index (χ0v) is 19.3. The molecule has 1 aliphatic carbocycles. The van der Waals surface area contributed by atoms with Gasteiger partial charge >= 0.3 is 12.4 Å². The van der Waals surface area contributed by atoms with E-state index >= 15 is 0 Å². The van der Waals surface area contributed by atoms with E-state index in [1.165, 1.54) is 17.2 Å². The molecule has 3 rings (SSSR count). The van der Waals surface area contributed by atoms with Crippen molar-refractivity contribution in [3.63, 3.8) is 0 Å². The van der Waals surface area contributed by atoms with Crippen molar-refractivity contribution in [2.75, 3.05) is 5.32 Å². The van der Waals surface area contributed by atoms with Gasteiger partial charge in [-0.05, 0) is 73.1 Å². The predicted molar refractivity (Wildman–Crippen MR) is 121 cm³/mol. The lowest BCUT2D eigenvalue weighted by molar-refractivity contribution is -0.143. The van der Waals surface area contributed by atoms with Gasteiger partial charge < -0.3 is 11.1 Å². The first-order valence-corrected chi connectivity index (χ1v) is 11.1. The number of nitrogens with two attached hydrogens (primary N) is 1. The average molecular weight is 547 g/mol. The number of amides is 1. The molecule has 0 saturated heterocycles. The van der Waals surface area contributed by atoms with Crippen LogP contribution in [-0.2, 0) is 30.0 Å². The summed E-state index contributed by atoms with van der Waals surface area (Å²) in [7, 11) is 0. The van der Waals surface area contributed by atoms with E-state index in [0.717, 1.165) is 30.2 Å². The fourth-order valence-electron chi connectivity index (χ4n) is 3.77. The van der Waals surface area contributed by atoms with Crippen molar-refractivity contribution >= 4 is 27.5 Å². The zero-order chi connectivity index (χ0) is 25.1. The Kier molecular flexibility index (Phi) is 7.80. The standard InChI is InChI=1S/C24H21BrF6N2O/c25-20-6-3-5-15-9-8-14(10-19(15)20)4-1-2-7-21(32)22(34)33-18-12-16(23(26,27)28)11-17(13-18)24(29,30)31/h1-3,5-7,11-14H,4,8-10,32H2,(H,33,34)/b2-1-,21-7-. The maximum atomic E-state index is 13.0. The minimum Gasteiger partial charge on any atom is -0.394 e. The molecule has 1 atom stereocenters. The molecule has 3 nitrogen and oxygen atoms in total. The SMILES string of the molecule is N/C(=C\C=C/CC1CCc2cccc(Br)c2C1)C(=O)Nc1cc(C(F)(F)F)cc(C(F)(F)F)c1. The summed E-state index contributed by atoms with van der Waals surface area (Å²) >= 11 is 3.57. The largest absolute Gasteiger partial charge is 0.416 e. The maximum absolute atomic E-state index is 13.0. The van der Waals surface area contributed by atoms with Crippen LogP contribution in [0.3, 0.4) is 0 Å². The minimum atomic E-state index is -5.01. The molecule has 0 saturated carbocycles. The van der Waals surface area contributed by atoms with Crippen LogP contribution in [0.15, 0.2) is 64.8 Å². The van der Waals surface area contributed by atoms with Gasteiger partial charge in [0.15, 0.2) is 0 Å². The smallest absolute Gasteiger partial charge is 0.394 e. The van der Waals surface area contributed by atoms with Crippen molar-refractivity contribution in [3.8, 4) is 0 Å². The van der Waals surface area contributed by atoms with E-state index in [1.807, 2.05) is 23.5 Å². The molecule has 0 radical (unpaired) electrons. The van der Waals surface area contributed by atoms with E-state index < -0.39 is 35.1 Å². The second-order valence-electron chi connectivity index (χ2n) is 8.02. The molecule has 182 valence electrons. The Morgan fingerprint density at radius 2 is 1.74 bits per heavy atom. The number of rotatable bonds is 5. The summed E-state index contributed by atoms with van der Waals surface area (Å²) < 4.78 is 78.9. The van der Waals surface area contributed by atoms with Crippen molar-refractivity contribution in [2.45, 2.75) is 38.0 Å². The lowest BCUT2D eigenvalue weighted by Crippen LogP contribution is -2.21. The monoisotopic (exact) mass is 546 g/mol. The van der Waals surface area contributed by atoms with E-state index in [4.69, 9.17) is 5.73 Å². The fourth-order valence-corrected chi connectivity index (χ4v) is 4.34. The molecule has 0 fully saturated rings. The number of carbonyl (C=O) groups is 1. The Bertz CT molecular complexity index is 1090. The summed E-state index contributed by atoms with van der Waals surface area (Å²) in [5, 5.41) is 2.00. The summed E-state index contributed by atoms with van der Waals surface area (Å²) in [4.78, 5) is 12.2. The van der Waals surface area contributed by atoms with Gasteiger partial charge in [0, 0.05) is 10.2 Å². The lowest BCUT2D eigenvalue weighted by atomic mass is 9.82. The van der Waals surface area contributed by atoms with E-state index in [2.05, 4.69) is 22.0 Å². The summed E-state index contributed by atoms with van der Waals surface area (Å²) in [5.41, 5.74) is 4.20. The van der Waals surface area contributed by atoms with Gasteiger partial charge in [-0.2, -0.15) is 26.3 Å². The topological polar surface area (TPSA) is 55.1 Å². The Labute approximate surface area is 200 Å². The second-order valence-corrected chi connectivity index (χ2v) is 8.88. The van der Waals surface area contributed by atoms with E-state index in [0.29, 0.717) is 18.1 Å². The number of aryl methyl sites for hydroxylation is 1. The molecule has 2 aromatic rings. The van der Waals surface area contributed by atoms with Gasteiger partial charge in [0.05, 0.1) is 16.8 Å². The van der Waals surface area contributed by atoms with Crippen molar-refractivity contribution in [2.24, 2.45) is 11.7 Å². The highest BCUT2D eigenvalue weighted by Gasteiger charge is 2.37. The molecule has 2 aromatic carbocycles. The number of carbonyl (C=O) groups excluding carboxylic acids is 1. The molecule has 1 amide bonds. The van der Waals surface area contributed by atoms with Gasteiger partial charge in [0.25, 0.3) is 5.91 Å². The van der Waals surface area contributed by atoms with Crippen LogP contribution < -0.4 is 11.1 Å². The van der Waals surface area contributed by atoms with E-state index in [1.54, 1.807) is 6.08 Å². The van der Waals surface area contributed by atoms with Crippen molar-refractivity contribution in [1.29, 1.82) is 0 Å². The first kappa shape index (κ1) is 25.9. The molecule has 10 heteroatoms. The Morgan fingerprint density at radius 3 is 2.35 bits per heavy atom. The molecule has 1 aliphatic rings. The number of hydrogen-bond acceptors (Lipinski definition) is 2. The van der Waals surface area contributed by atoms with Crippen LogP contribution in [-0.4, -0.2) is 5.91 Å². The van der Waals surface area contributed by atoms with Crippen LogP contribution in [0.4, 0.5) is 32.0 Å². The second kappa shape index (κ2) is 10.2. The molecule has 34 heavy (non-hydrogen) atoms. The highest BCUT2D eigenvalue weighted by atomic mass is 79.9. The third-order valence-electron chi connectivity index (χ3n) is 5.52. The number of anilines is 1. The highest BCUT2D eigenvalue weighted by molar-refractivity contribution is 9.10. The number of alkyl halides is 6. The van der Waals surface area contributed by atoms with E-state index in [-0.39, 0.29) is 11.8 Å². The van der Waals surface area contributed by atoms with Gasteiger partial charge in [-0.3, -0.25) is 4.79 Å². The van der Waals surface area contributed by atoms with Crippen LogP contribution in [0.2, 0.25) is 0 Å².